The molecule has 6 nitrogen and oxygen atoms in total. The third-order valence-electron chi connectivity index (χ3n) is 6.18. The average Bonchev–Trinajstić information content (AvgIpc) is 3.31. The summed E-state index contributed by atoms with van der Waals surface area (Å²) in [6, 6.07) is 12.9. The molecule has 1 aromatic heterocycles. The van der Waals surface area contributed by atoms with Crippen molar-refractivity contribution in [3.05, 3.63) is 75.1 Å². The van der Waals surface area contributed by atoms with E-state index in [2.05, 4.69) is 10.2 Å². The zero-order valence-corrected chi connectivity index (χ0v) is 19.5. The molecule has 1 aliphatic heterocycles. The Labute approximate surface area is 194 Å². The second kappa shape index (κ2) is 10.2. The van der Waals surface area contributed by atoms with Gasteiger partial charge in [0.25, 0.3) is 5.91 Å². The van der Waals surface area contributed by atoms with Gasteiger partial charge in [0.1, 0.15) is 11.3 Å². The van der Waals surface area contributed by atoms with Gasteiger partial charge in [-0.1, -0.05) is 18.2 Å². The number of methoxy groups -OCH3 is 1. The molecule has 0 radical (unpaired) electrons. The monoisotopic (exact) mass is 456 g/mol. The number of hydrogen-bond acceptors (Lipinski definition) is 5. The standard InChI is InChI=1S/C25H28N2O4.ClH/c1-16-6-11-20-22(28)14-23(31-24(20)17(16)2)25(29)26-15-21(27-12-4-5-13-27)18-7-9-19(30-3)10-8-18;/h6-11,14,21H,4-5,12-13,15H2,1-3H3,(H,26,29);1H. The van der Waals surface area contributed by atoms with Crippen molar-refractivity contribution in [1.82, 2.24) is 10.2 Å². The van der Waals surface area contributed by atoms with Crippen molar-refractivity contribution in [2.45, 2.75) is 32.7 Å². The van der Waals surface area contributed by atoms with Gasteiger partial charge in [-0.05, 0) is 74.7 Å². The Balaban J connectivity index is 0.00000289. The molecule has 0 saturated carbocycles. The van der Waals surface area contributed by atoms with Crippen LogP contribution in [0.25, 0.3) is 11.0 Å². The van der Waals surface area contributed by atoms with Gasteiger partial charge in [0.05, 0.1) is 18.5 Å². The number of carbonyl (C=O) groups is 1. The molecular formula is C25H29ClN2O4. The number of amides is 1. The first-order valence-corrected chi connectivity index (χ1v) is 10.7. The van der Waals surface area contributed by atoms with E-state index in [9.17, 15) is 9.59 Å². The van der Waals surface area contributed by atoms with Crippen LogP contribution in [0.3, 0.4) is 0 Å². The highest BCUT2D eigenvalue weighted by Gasteiger charge is 2.25. The van der Waals surface area contributed by atoms with E-state index in [4.69, 9.17) is 9.15 Å². The molecule has 0 bridgehead atoms. The minimum absolute atomic E-state index is 0. The Morgan fingerprint density at radius 2 is 1.81 bits per heavy atom. The van der Waals surface area contributed by atoms with Crippen LogP contribution < -0.4 is 15.5 Å². The summed E-state index contributed by atoms with van der Waals surface area (Å²) < 4.78 is 11.1. The number of likely N-dealkylation sites (tertiary alicyclic amines) is 1. The van der Waals surface area contributed by atoms with E-state index < -0.39 is 0 Å². The molecule has 4 rings (SSSR count). The highest BCUT2D eigenvalue weighted by atomic mass is 35.5. The number of carbonyl (C=O) groups excluding carboxylic acids is 1. The van der Waals surface area contributed by atoms with Crippen molar-refractivity contribution in [3.8, 4) is 5.75 Å². The SMILES string of the molecule is COc1ccc(C(CNC(=O)c2cc(=O)c3ccc(C)c(C)c3o2)N2CCCC2)cc1.Cl. The van der Waals surface area contributed by atoms with Crippen molar-refractivity contribution < 1.29 is 13.9 Å². The fourth-order valence-corrected chi connectivity index (χ4v) is 4.18. The van der Waals surface area contributed by atoms with E-state index in [0.29, 0.717) is 17.5 Å². The number of hydrogen-bond donors (Lipinski definition) is 1. The normalized spacial score (nSPS) is 14.7. The number of rotatable bonds is 6. The van der Waals surface area contributed by atoms with E-state index in [1.807, 2.05) is 44.2 Å². The molecule has 1 saturated heterocycles. The van der Waals surface area contributed by atoms with Crippen molar-refractivity contribution in [2.24, 2.45) is 0 Å². The van der Waals surface area contributed by atoms with E-state index in [1.54, 1.807) is 13.2 Å². The maximum absolute atomic E-state index is 12.9. The van der Waals surface area contributed by atoms with Crippen molar-refractivity contribution in [2.75, 3.05) is 26.7 Å². The lowest BCUT2D eigenvalue weighted by Gasteiger charge is -2.28. The van der Waals surface area contributed by atoms with Crippen LogP contribution in [0.4, 0.5) is 0 Å². The molecule has 1 amide bonds. The summed E-state index contributed by atoms with van der Waals surface area (Å²) in [7, 11) is 1.65. The van der Waals surface area contributed by atoms with E-state index >= 15 is 0 Å². The average molecular weight is 457 g/mol. The predicted molar refractivity (Wildman–Crippen MR) is 128 cm³/mol. The molecular weight excluding hydrogens is 428 g/mol. The molecule has 2 aromatic carbocycles. The van der Waals surface area contributed by atoms with Crippen molar-refractivity contribution in [1.29, 1.82) is 0 Å². The van der Waals surface area contributed by atoms with Crippen LogP contribution in [-0.4, -0.2) is 37.6 Å². The molecule has 170 valence electrons. The predicted octanol–water partition coefficient (Wildman–Crippen LogP) is 4.41. The summed E-state index contributed by atoms with van der Waals surface area (Å²) in [5, 5.41) is 3.48. The minimum atomic E-state index is -0.377. The van der Waals surface area contributed by atoms with Gasteiger partial charge in [-0.3, -0.25) is 14.5 Å². The lowest BCUT2D eigenvalue weighted by molar-refractivity contribution is 0.0910. The Morgan fingerprint density at radius 3 is 2.47 bits per heavy atom. The van der Waals surface area contributed by atoms with E-state index in [-0.39, 0.29) is 35.5 Å². The summed E-state index contributed by atoms with van der Waals surface area (Å²) in [5.41, 5.74) is 3.28. The first-order chi connectivity index (χ1) is 15.0. The van der Waals surface area contributed by atoms with Crippen LogP contribution >= 0.6 is 12.4 Å². The summed E-state index contributed by atoms with van der Waals surface area (Å²) in [6.07, 6.45) is 2.30. The van der Waals surface area contributed by atoms with Gasteiger partial charge in [0.15, 0.2) is 11.2 Å². The highest BCUT2D eigenvalue weighted by molar-refractivity contribution is 5.93. The molecule has 2 heterocycles. The Bertz CT molecular complexity index is 1150. The molecule has 1 N–H and O–H groups in total. The van der Waals surface area contributed by atoms with Crippen LogP contribution in [0.2, 0.25) is 0 Å². The van der Waals surface area contributed by atoms with Gasteiger partial charge in [-0.15, -0.1) is 12.4 Å². The second-order valence-corrected chi connectivity index (χ2v) is 8.10. The number of benzene rings is 2. The van der Waals surface area contributed by atoms with Crippen molar-refractivity contribution in [3.63, 3.8) is 0 Å². The number of fused-ring (bicyclic) bond motifs is 1. The number of nitrogens with zero attached hydrogens (tertiary/aromatic N) is 1. The largest absolute Gasteiger partial charge is 0.497 e. The summed E-state index contributed by atoms with van der Waals surface area (Å²) in [5.74, 6) is 0.468. The molecule has 1 aliphatic rings. The first-order valence-electron chi connectivity index (χ1n) is 10.7. The lowest BCUT2D eigenvalue weighted by Crippen LogP contribution is -2.37. The molecule has 7 heteroatoms. The van der Waals surface area contributed by atoms with E-state index in [1.165, 1.54) is 6.07 Å². The third kappa shape index (κ3) is 4.81. The molecule has 3 aromatic rings. The molecule has 0 aliphatic carbocycles. The third-order valence-corrected chi connectivity index (χ3v) is 6.18. The van der Waals surface area contributed by atoms with Gasteiger partial charge < -0.3 is 14.5 Å². The first kappa shape index (κ1) is 23.8. The maximum atomic E-state index is 12.9. The number of ether oxygens (including phenoxy) is 1. The van der Waals surface area contributed by atoms with Crippen LogP contribution in [0, 0.1) is 13.8 Å². The fraction of sp³-hybridized carbons (Fsp3) is 0.360. The fourth-order valence-electron chi connectivity index (χ4n) is 4.18. The topological polar surface area (TPSA) is 71.8 Å². The Hall–Kier alpha value is -2.83. The number of aryl methyl sites for hydroxylation is 2. The van der Waals surface area contributed by atoms with Gasteiger partial charge in [0, 0.05) is 12.6 Å². The van der Waals surface area contributed by atoms with Crippen LogP contribution in [-0.2, 0) is 0 Å². The molecule has 32 heavy (non-hydrogen) atoms. The van der Waals surface area contributed by atoms with Crippen LogP contribution in [0.15, 0.2) is 51.7 Å². The lowest BCUT2D eigenvalue weighted by atomic mass is 10.0. The zero-order valence-electron chi connectivity index (χ0n) is 18.6. The van der Waals surface area contributed by atoms with Gasteiger partial charge in [-0.2, -0.15) is 0 Å². The second-order valence-electron chi connectivity index (χ2n) is 8.10. The Kier molecular flexibility index (Phi) is 7.59. The number of halogens is 1. The summed E-state index contributed by atoms with van der Waals surface area (Å²) >= 11 is 0. The van der Waals surface area contributed by atoms with Gasteiger partial charge >= 0.3 is 0 Å². The quantitative estimate of drug-likeness (QED) is 0.595. The molecule has 1 fully saturated rings. The molecule has 1 atom stereocenters. The van der Waals surface area contributed by atoms with E-state index in [0.717, 1.165) is 48.4 Å². The van der Waals surface area contributed by atoms with Gasteiger partial charge in [0.2, 0.25) is 0 Å². The Morgan fingerprint density at radius 1 is 1.12 bits per heavy atom. The highest BCUT2D eigenvalue weighted by Crippen LogP contribution is 2.26. The minimum Gasteiger partial charge on any atom is -0.497 e. The smallest absolute Gasteiger partial charge is 0.287 e. The molecule has 0 spiro atoms. The summed E-state index contributed by atoms with van der Waals surface area (Å²) in [4.78, 5) is 27.8. The van der Waals surface area contributed by atoms with Crippen LogP contribution in [0.5, 0.6) is 5.75 Å². The zero-order chi connectivity index (χ0) is 22.0. The van der Waals surface area contributed by atoms with Gasteiger partial charge in [-0.25, -0.2) is 0 Å². The number of nitrogens with one attached hydrogen (secondary N) is 1. The van der Waals surface area contributed by atoms with Crippen molar-refractivity contribution >= 4 is 29.3 Å². The molecule has 1 unspecified atom stereocenters. The van der Waals surface area contributed by atoms with Crippen LogP contribution in [0.1, 0.15) is 46.1 Å². The summed E-state index contributed by atoms with van der Waals surface area (Å²) in [6.45, 7) is 6.28. The maximum Gasteiger partial charge on any atom is 0.287 e.